The molecule has 0 aromatic carbocycles. The van der Waals surface area contributed by atoms with Gasteiger partial charge in [-0.15, -0.1) is 0 Å². The normalized spacial score (nSPS) is 23.2. The fraction of sp³-hybridized carbons (Fsp3) is 0.769. The zero-order chi connectivity index (χ0) is 13.0. The molecule has 2 heterocycles. The van der Waals surface area contributed by atoms with Gasteiger partial charge in [-0.1, -0.05) is 6.92 Å². The van der Waals surface area contributed by atoms with Crippen LogP contribution in [0.5, 0.6) is 0 Å². The van der Waals surface area contributed by atoms with Gasteiger partial charge in [0.1, 0.15) is 0 Å². The molecule has 5 heteroatoms. The molecule has 1 aromatic heterocycles. The number of aryl methyl sites for hydroxylation is 1. The summed E-state index contributed by atoms with van der Waals surface area (Å²) in [5.74, 6) is 0. The molecule has 1 aliphatic heterocycles. The minimum absolute atomic E-state index is 0.0799. The number of aliphatic hydroxyl groups is 1. The van der Waals surface area contributed by atoms with Crippen LogP contribution in [0, 0.1) is 0 Å². The Morgan fingerprint density at radius 3 is 3.00 bits per heavy atom. The number of hydrogen-bond acceptors (Lipinski definition) is 4. The summed E-state index contributed by atoms with van der Waals surface area (Å²) in [6.45, 7) is 8.56. The Hall–Kier alpha value is -0.910. The van der Waals surface area contributed by atoms with E-state index in [1.807, 2.05) is 17.1 Å². The molecule has 1 aromatic rings. The van der Waals surface area contributed by atoms with Crippen molar-refractivity contribution in [2.24, 2.45) is 0 Å². The van der Waals surface area contributed by atoms with Gasteiger partial charge in [0.2, 0.25) is 0 Å². The number of morpholine rings is 1. The lowest BCUT2D eigenvalue weighted by atomic mass is 10.1. The Bertz CT molecular complexity index is 367. The largest absolute Gasteiger partial charge is 0.390 e. The maximum atomic E-state index is 10.2. The number of nitrogens with zero attached hydrogens (tertiary/aromatic N) is 3. The van der Waals surface area contributed by atoms with Crippen molar-refractivity contribution in [3.05, 3.63) is 18.0 Å². The van der Waals surface area contributed by atoms with Crippen LogP contribution in [0.3, 0.4) is 0 Å². The summed E-state index contributed by atoms with van der Waals surface area (Å²) in [7, 11) is 0. The van der Waals surface area contributed by atoms with Crippen molar-refractivity contribution in [2.45, 2.75) is 39.0 Å². The molecule has 2 rings (SSSR count). The Labute approximate surface area is 108 Å². The second kappa shape index (κ2) is 6.31. The van der Waals surface area contributed by atoms with E-state index in [-0.39, 0.29) is 6.10 Å². The van der Waals surface area contributed by atoms with E-state index in [1.54, 1.807) is 0 Å². The topological polar surface area (TPSA) is 50.5 Å². The molecule has 0 spiro atoms. The smallest absolute Gasteiger partial charge is 0.0964 e. The SMILES string of the molecule is CCN1CCOC(C(O)Cc2cnn(CC)c2)C1. The number of ether oxygens (including phenoxy) is 1. The predicted octanol–water partition coefficient (Wildman–Crippen LogP) is 0.527. The zero-order valence-corrected chi connectivity index (χ0v) is 11.2. The van der Waals surface area contributed by atoms with Crippen LogP contribution in [-0.4, -0.2) is 58.2 Å². The lowest BCUT2D eigenvalue weighted by Gasteiger charge is -2.34. The number of rotatable bonds is 5. The van der Waals surface area contributed by atoms with Crippen LogP contribution in [0.2, 0.25) is 0 Å². The van der Waals surface area contributed by atoms with E-state index in [0.717, 1.165) is 31.7 Å². The van der Waals surface area contributed by atoms with Crippen LogP contribution in [0.25, 0.3) is 0 Å². The van der Waals surface area contributed by atoms with Crippen LogP contribution in [-0.2, 0) is 17.7 Å². The maximum Gasteiger partial charge on any atom is 0.0964 e. The highest BCUT2D eigenvalue weighted by molar-refractivity contribution is 5.06. The fourth-order valence-corrected chi connectivity index (χ4v) is 2.31. The van der Waals surface area contributed by atoms with E-state index in [4.69, 9.17) is 4.74 Å². The summed E-state index contributed by atoms with van der Waals surface area (Å²) in [6, 6.07) is 0. The molecule has 2 atom stereocenters. The summed E-state index contributed by atoms with van der Waals surface area (Å²) in [6.07, 6.45) is 3.90. The first-order valence-electron chi connectivity index (χ1n) is 6.76. The molecule has 0 bridgehead atoms. The summed E-state index contributed by atoms with van der Waals surface area (Å²) >= 11 is 0. The van der Waals surface area contributed by atoms with Crippen molar-refractivity contribution in [1.82, 2.24) is 14.7 Å². The highest BCUT2D eigenvalue weighted by Crippen LogP contribution is 2.13. The van der Waals surface area contributed by atoms with E-state index in [9.17, 15) is 5.11 Å². The van der Waals surface area contributed by atoms with E-state index in [0.29, 0.717) is 13.0 Å². The van der Waals surface area contributed by atoms with E-state index in [1.165, 1.54) is 0 Å². The average molecular weight is 253 g/mol. The molecule has 0 radical (unpaired) electrons. The van der Waals surface area contributed by atoms with E-state index in [2.05, 4.69) is 23.8 Å². The van der Waals surface area contributed by atoms with Crippen molar-refractivity contribution in [2.75, 3.05) is 26.2 Å². The first-order chi connectivity index (χ1) is 8.72. The van der Waals surface area contributed by atoms with Crippen molar-refractivity contribution in [3.8, 4) is 0 Å². The van der Waals surface area contributed by atoms with Crippen molar-refractivity contribution >= 4 is 0 Å². The van der Waals surface area contributed by atoms with E-state index < -0.39 is 6.10 Å². The predicted molar refractivity (Wildman–Crippen MR) is 69.5 cm³/mol. The van der Waals surface area contributed by atoms with Crippen molar-refractivity contribution in [1.29, 1.82) is 0 Å². The zero-order valence-electron chi connectivity index (χ0n) is 11.2. The van der Waals surface area contributed by atoms with Crippen LogP contribution in [0.15, 0.2) is 12.4 Å². The van der Waals surface area contributed by atoms with Crippen LogP contribution in [0.1, 0.15) is 19.4 Å². The Morgan fingerprint density at radius 2 is 2.33 bits per heavy atom. The first kappa shape index (κ1) is 13.5. The van der Waals surface area contributed by atoms with Gasteiger partial charge in [0.05, 0.1) is 25.0 Å². The summed E-state index contributed by atoms with van der Waals surface area (Å²) in [4.78, 5) is 2.31. The van der Waals surface area contributed by atoms with Gasteiger partial charge in [-0.3, -0.25) is 9.58 Å². The van der Waals surface area contributed by atoms with Gasteiger partial charge in [0, 0.05) is 32.3 Å². The molecular formula is C13H23N3O2. The molecule has 0 saturated carbocycles. The summed E-state index contributed by atoms with van der Waals surface area (Å²) < 4.78 is 7.54. The first-order valence-corrected chi connectivity index (χ1v) is 6.76. The molecule has 0 amide bonds. The highest BCUT2D eigenvalue weighted by Gasteiger charge is 2.26. The quantitative estimate of drug-likeness (QED) is 0.831. The van der Waals surface area contributed by atoms with Gasteiger partial charge in [-0.25, -0.2) is 0 Å². The van der Waals surface area contributed by atoms with Gasteiger partial charge in [0.25, 0.3) is 0 Å². The number of likely N-dealkylation sites (N-methyl/N-ethyl adjacent to an activating group) is 1. The molecule has 0 aliphatic carbocycles. The monoisotopic (exact) mass is 253 g/mol. The summed E-state index contributed by atoms with van der Waals surface area (Å²) in [5.41, 5.74) is 1.07. The van der Waals surface area contributed by atoms with Gasteiger partial charge in [-0.05, 0) is 19.0 Å². The minimum Gasteiger partial charge on any atom is -0.390 e. The molecule has 102 valence electrons. The lowest BCUT2D eigenvalue weighted by Crippen LogP contribution is -2.48. The molecule has 1 saturated heterocycles. The molecule has 18 heavy (non-hydrogen) atoms. The molecular weight excluding hydrogens is 230 g/mol. The number of aliphatic hydroxyl groups excluding tert-OH is 1. The fourth-order valence-electron chi connectivity index (χ4n) is 2.31. The molecule has 1 N–H and O–H groups in total. The third kappa shape index (κ3) is 3.31. The third-order valence-electron chi connectivity index (χ3n) is 3.51. The molecule has 2 unspecified atom stereocenters. The standard InChI is InChI=1S/C13H23N3O2/c1-3-15-5-6-18-13(10-15)12(17)7-11-8-14-16(4-2)9-11/h8-9,12-13,17H,3-7,10H2,1-2H3. The van der Waals surface area contributed by atoms with E-state index >= 15 is 0 Å². The highest BCUT2D eigenvalue weighted by atomic mass is 16.5. The van der Waals surface area contributed by atoms with Crippen molar-refractivity contribution in [3.63, 3.8) is 0 Å². The van der Waals surface area contributed by atoms with Crippen molar-refractivity contribution < 1.29 is 9.84 Å². The maximum absolute atomic E-state index is 10.2. The summed E-state index contributed by atoms with van der Waals surface area (Å²) in [5, 5.41) is 14.5. The van der Waals surface area contributed by atoms with Gasteiger partial charge >= 0.3 is 0 Å². The second-order valence-corrected chi connectivity index (χ2v) is 4.78. The molecule has 5 nitrogen and oxygen atoms in total. The number of aromatic nitrogens is 2. The molecule has 1 aliphatic rings. The Kier molecular flexibility index (Phi) is 4.74. The van der Waals surface area contributed by atoms with Gasteiger partial charge in [-0.2, -0.15) is 5.10 Å². The van der Waals surface area contributed by atoms with Crippen LogP contribution in [0.4, 0.5) is 0 Å². The Morgan fingerprint density at radius 1 is 1.50 bits per heavy atom. The van der Waals surface area contributed by atoms with Gasteiger partial charge in [0.15, 0.2) is 0 Å². The minimum atomic E-state index is -0.450. The number of hydrogen-bond donors (Lipinski definition) is 1. The second-order valence-electron chi connectivity index (χ2n) is 4.78. The van der Waals surface area contributed by atoms with Crippen LogP contribution >= 0.6 is 0 Å². The average Bonchev–Trinajstić information content (AvgIpc) is 2.86. The lowest BCUT2D eigenvalue weighted by molar-refractivity contribution is -0.0867. The van der Waals surface area contributed by atoms with Crippen LogP contribution < -0.4 is 0 Å². The third-order valence-corrected chi connectivity index (χ3v) is 3.51. The van der Waals surface area contributed by atoms with Gasteiger partial charge < -0.3 is 9.84 Å². The molecule has 1 fully saturated rings. The Balaban J connectivity index is 1.88.